The first kappa shape index (κ1) is 24.9. The van der Waals surface area contributed by atoms with Gasteiger partial charge in [0.15, 0.2) is 10.8 Å². The number of hydrogen-bond acceptors (Lipinski definition) is 8. The molecule has 1 unspecified atom stereocenters. The van der Waals surface area contributed by atoms with Crippen molar-refractivity contribution in [3.05, 3.63) is 63.0 Å². The Labute approximate surface area is 203 Å². The summed E-state index contributed by atoms with van der Waals surface area (Å²) in [5.41, 5.74) is -0.795. The number of nitrogens with zero attached hydrogens (tertiary/aromatic N) is 3. The number of carboxylic acids is 1. The van der Waals surface area contributed by atoms with Crippen LogP contribution in [0.3, 0.4) is 0 Å². The number of alkyl halides is 2. The van der Waals surface area contributed by atoms with Crippen LogP contribution >= 0.6 is 11.3 Å². The number of methoxy groups -OCH3 is 1. The van der Waals surface area contributed by atoms with Gasteiger partial charge in [-0.3, -0.25) is 9.69 Å². The van der Waals surface area contributed by atoms with Crippen LogP contribution in [0.2, 0.25) is 0 Å². The summed E-state index contributed by atoms with van der Waals surface area (Å²) in [4.78, 5) is 35.8. The maximum absolute atomic E-state index is 14.2. The van der Waals surface area contributed by atoms with Crippen LogP contribution in [0.5, 0.6) is 0 Å². The van der Waals surface area contributed by atoms with Crippen LogP contribution in [-0.4, -0.2) is 64.9 Å². The second-order valence-electron chi connectivity index (χ2n) is 8.60. The molecule has 2 atom stereocenters. The highest BCUT2D eigenvalue weighted by atomic mass is 32.1. The Morgan fingerprint density at radius 1 is 1.31 bits per heavy atom. The Balaban J connectivity index is 1.87. The molecule has 0 bridgehead atoms. The molecule has 2 aliphatic heterocycles. The molecule has 35 heavy (non-hydrogen) atoms. The Hall–Kier alpha value is -3.25. The monoisotopic (exact) mass is 508 g/mol. The van der Waals surface area contributed by atoms with Crippen LogP contribution in [0.1, 0.15) is 28.8 Å². The van der Waals surface area contributed by atoms with Gasteiger partial charge in [0.05, 0.1) is 19.2 Å². The van der Waals surface area contributed by atoms with Crippen molar-refractivity contribution in [1.29, 1.82) is 0 Å². The van der Waals surface area contributed by atoms with Gasteiger partial charge in [-0.2, -0.15) is 0 Å². The highest BCUT2D eigenvalue weighted by Gasteiger charge is 2.50. The standard InChI is InChI=1S/C23H23F3N4O4S/c1-12-9-27-19(35-12)18-28-15(10-30-11-23(25,26)8-16(30)20(31)32)17(21(33)34-3)22(2,29-18)13-4-6-14(24)7-5-13/h4-7,9,16H,8,10-11H2,1-3H3,(H,28,29)(H,31,32)/t16-,22?/m0/s1. The first-order valence-electron chi connectivity index (χ1n) is 10.7. The molecule has 8 nitrogen and oxygen atoms in total. The van der Waals surface area contributed by atoms with E-state index in [2.05, 4.69) is 10.3 Å². The van der Waals surface area contributed by atoms with Crippen LogP contribution in [-0.2, 0) is 19.9 Å². The summed E-state index contributed by atoms with van der Waals surface area (Å²) in [6.07, 6.45) is 0.797. The van der Waals surface area contributed by atoms with E-state index in [1.165, 1.54) is 42.7 Å². The molecule has 186 valence electrons. The Morgan fingerprint density at radius 3 is 2.57 bits per heavy atom. The zero-order chi connectivity index (χ0) is 25.5. The van der Waals surface area contributed by atoms with Crippen molar-refractivity contribution in [1.82, 2.24) is 15.2 Å². The summed E-state index contributed by atoms with van der Waals surface area (Å²) >= 11 is 1.33. The highest BCUT2D eigenvalue weighted by Crippen LogP contribution is 2.40. The minimum atomic E-state index is -3.20. The molecule has 0 radical (unpaired) electrons. The third-order valence-corrected chi connectivity index (χ3v) is 6.95. The predicted molar refractivity (Wildman–Crippen MR) is 122 cm³/mol. The number of aliphatic carboxylic acids is 1. The number of halogens is 3. The van der Waals surface area contributed by atoms with Gasteiger partial charge in [0.25, 0.3) is 5.92 Å². The van der Waals surface area contributed by atoms with E-state index in [0.29, 0.717) is 10.6 Å². The lowest BCUT2D eigenvalue weighted by molar-refractivity contribution is -0.142. The summed E-state index contributed by atoms with van der Waals surface area (Å²) in [7, 11) is 1.17. The number of benzene rings is 1. The number of likely N-dealkylation sites (tertiary alicyclic amines) is 1. The number of hydrogen-bond donors (Lipinski definition) is 2. The average Bonchev–Trinajstić information content (AvgIpc) is 3.35. The summed E-state index contributed by atoms with van der Waals surface area (Å²) in [5, 5.41) is 13.0. The van der Waals surface area contributed by atoms with Gasteiger partial charge >= 0.3 is 11.9 Å². The molecule has 0 amide bonds. The summed E-state index contributed by atoms with van der Waals surface area (Å²) < 4.78 is 47.1. The SMILES string of the molecule is COC(=O)C1=C(CN2CC(F)(F)C[C@H]2C(=O)O)NC(c2ncc(C)s2)=NC1(C)c1ccc(F)cc1. The van der Waals surface area contributed by atoms with Crippen molar-refractivity contribution < 1.29 is 32.6 Å². The number of amidine groups is 1. The first-order chi connectivity index (χ1) is 16.4. The van der Waals surface area contributed by atoms with Crippen molar-refractivity contribution >= 4 is 29.1 Å². The molecule has 3 heterocycles. The molecule has 2 N–H and O–H groups in total. The van der Waals surface area contributed by atoms with Crippen molar-refractivity contribution in [2.45, 2.75) is 37.8 Å². The molecule has 12 heteroatoms. The number of aromatic nitrogens is 1. The normalized spacial score (nSPS) is 24.2. The molecule has 0 spiro atoms. The van der Waals surface area contributed by atoms with E-state index in [-0.39, 0.29) is 23.7 Å². The van der Waals surface area contributed by atoms with E-state index >= 15 is 0 Å². The maximum Gasteiger partial charge on any atom is 0.338 e. The average molecular weight is 509 g/mol. The number of carboxylic acid groups (broad SMARTS) is 1. The van der Waals surface area contributed by atoms with Gasteiger partial charge in [0.2, 0.25) is 0 Å². The van der Waals surface area contributed by atoms with Crippen molar-refractivity contribution in [3.63, 3.8) is 0 Å². The predicted octanol–water partition coefficient (Wildman–Crippen LogP) is 3.08. The number of esters is 1. The van der Waals surface area contributed by atoms with Gasteiger partial charge in [-0.05, 0) is 31.5 Å². The zero-order valence-corrected chi connectivity index (χ0v) is 20.0. The fraction of sp³-hybridized carbons (Fsp3) is 0.391. The molecule has 1 aromatic heterocycles. The van der Waals surface area contributed by atoms with Crippen molar-refractivity contribution in [2.24, 2.45) is 4.99 Å². The van der Waals surface area contributed by atoms with E-state index in [1.807, 2.05) is 6.92 Å². The minimum absolute atomic E-state index is 0.00277. The van der Waals surface area contributed by atoms with Gasteiger partial charge in [-0.1, -0.05) is 12.1 Å². The fourth-order valence-electron chi connectivity index (χ4n) is 4.39. The molecular formula is C23H23F3N4O4S. The lowest BCUT2D eigenvalue weighted by atomic mass is 9.82. The Bertz CT molecular complexity index is 1230. The summed E-state index contributed by atoms with van der Waals surface area (Å²) in [5.74, 6) is -5.58. The molecule has 4 rings (SSSR count). The molecular weight excluding hydrogens is 485 g/mol. The van der Waals surface area contributed by atoms with Crippen molar-refractivity contribution in [2.75, 3.05) is 20.2 Å². The van der Waals surface area contributed by atoms with Gasteiger partial charge < -0.3 is 15.2 Å². The summed E-state index contributed by atoms with van der Waals surface area (Å²) in [6.45, 7) is 2.38. The van der Waals surface area contributed by atoms with Gasteiger partial charge in [0, 0.05) is 29.7 Å². The van der Waals surface area contributed by atoms with Gasteiger partial charge in [-0.25, -0.2) is 27.9 Å². The van der Waals surface area contributed by atoms with E-state index in [4.69, 9.17) is 9.73 Å². The molecule has 1 aromatic carbocycles. The smallest absolute Gasteiger partial charge is 0.338 e. The Morgan fingerprint density at radius 2 is 2.00 bits per heavy atom. The zero-order valence-electron chi connectivity index (χ0n) is 19.1. The number of nitrogens with one attached hydrogen (secondary N) is 1. The van der Waals surface area contributed by atoms with Crippen LogP contribution in [0.4, 0.5) is 13.2 Å². The largest absolute Gasteiger partial charge is 0.480 e. The van der Waals surface area contributed by atoms with Crippen LogP contribution in [0.25, 0.3) is 0 Å². The van der Waals surface area contributed by atoms with Crippen LogP contribution in [0.15, 0.2) is 46.7 Å². The number of thiazole rings is 1. The molecule has 1 saturated heterocycles. The topological polar surface area (TPSA) is 104 Å². The summed E-state index contributed by atoms with van der Waals surface area (Å²) in [6, 6.07) is 3.95. The number of aryl methyl sites for hydroxylation is 1. The lowest BCUT2D eigenvalue weighted by Crippen LogP contribution is -2.46. The second-order valence-corrected chi connectivity index (χ2v) is 9.84. The Kier molecular flexibility index (Phi) is 6.45. The van der Waals surface area contributed by atoms with E-state index in [0.717, 1.165) is 9.78 Å². The highest BCUT2D eigenvalue weighted by molar-refractivity contribution is 7.13. The van der Waals surface area contributed by atoms with Crippen molar-refractivity contribution in [3.8, 4) is 0 Å². The number of aliphatic imine (C=N–C) groups is 1. The van der Waals surface area contributed by atoms with E-state index in [1.54, 1.807) is 13.1 Å². The fourth-order valence-corrected chi connectivity index (χ4v) is 5.10. The number of rotatable bonds is 6. The maximum atomic E-state index is 14.2. The van der Waals surface area contributed by atoms with Crippen LogP contribution in [0, 0.1) is 12.7 Å². The second kappa shape index (κ2) is 9.08. The van der Waals surface area contributed by atoms with E-state index < -0.39 is 48.2 Å². The quantitative estimate of drug-likeness (QED) is 0.578. The van der Waals surface area contributed by atoms with Gasteiger partial charge in [0.1, 0.15) is 17.4 Å². The minimum Gasteiger partial charge on any atom is -0.480 e. The first-order valence-corrected chi connectivity index (χ1v) is 11.5. The number of ether oxygens (including phenoxy) is 1. The lowest BCUT2D eigenvalue weighted by Gasteiger charge is -2.36. The number of carbonyl (C=O) groups is 2. The van der Waals surface area contributed by atoms with E-state index in [9.17, 15) is 27.9 Å². The molecule has 0 saturated carbocycles. The third kappa shape index (κ3) is 4.80. The third-order valence-electron chi connectivity index (χ3n) is 6.03. The molecule has 1 fully saturated rings. The number of carbonyl (C=O) groups excluding carboxylic acids is 1. The van der Waals surface area contributed by atoms with Crippen LogP contribution < -0.4 is 5.32 Å². The molecule has 0 aliphatic carbocycles. The molecule has 2 aromatic rings. The molecule has 2 aliphatic rings. The van der Waals surface area contributed by atoms with Gasteiger partial charge in [-0.15, -0.1) is 11.3 Å².